The normalized spacial score (nSPS) is 19.7. The Morgan fingerprint density at radius 1 is 0.962 bits per heavy atom. The van der Waals surface area contributed by atoms with Crippen LogP contribution in [0.5, 0.6) is 0 Å². The number of rotatable bonds is 3. The largest absolute Gasteiger partial charge is 0.236 e. The molecule has 1 aliphatic rings. The minimum Gasteiger partial charge on any atom is -0.236 e. The van der Waals surface area contributed by atoms with Gasteiger partial charge in [-0.25, -0.2) is 18.4 Å². The Labute approximate surface area is 153 Å². The highest BCUT2D eigenvalue weighted by molar-refractivity contribution is 7.92. The Balaban J connectivity index is 1.68. The molecule has 3 aromatic rings. The lowest BCUT2D eigenvalue weighted by molar-refractivity contribution is 0.478. The summed E-state index contributed by atoms with van der Waals surface area (Å²) in [6.45, 7) is 1.84. The SMILES string of the molecule is CC1(S(=O)(=O)c2ccccc2)CCc2nc(-c3ccccc3)ncc2C1. The van der Waals surface area contributed by atoms with Crippen LogP contribution in [0, 0.1) is 0 Å². The molecule has 0 spiro atoms. The summed E-state index contributed by atoms with van der Waals surface area (Å²) in [4.78, 5) is 9.56. The molecule has 0 saturated heterocycles. The molecule has 4 nitrogen and oxygen atoms in total. The molecule has 132 valence electrons. The van der Waals surface area contributed by atoms with Crippen molar-refractivity contribution < 1.29 is 8.42 Å². The van der Waals surface area contributed by atoms with E-state index in [0.29, 0.717) is 30.0 Å². The average molecular weight is 364 g/mol. The second kappa shape index (κ2) is 6.32. The topological polar surface area (TPSA) is 59.9 Å². The maximum Gasteiger partial charge on any atom is 0.184 e. The number of benzene rings is 2. The van der Waals surface area contributed by atoms with Gasteiger partial charge in [-0.2, -0.15) is 0 Å². The molecule has 0 fully saturated rings. The zero-order valence-electron chi connectivity index (χ0n) is 14.6. The van der Waals surface area contributed by atoms with E-state index in [1.807, 2.05) is 43.3 Å². The van der Waals surface area contributed by atoms with E-state index < -0.39 is 14.6 Å². The second-order valence-electron chi connectivity index (χ2n) is 6.97. The van der Waals surface area contributed by atoms with Crippen molar-refractivity contribution in [2.75, 3.05) is 0 Å². The Kier molecular flexibility index (Phi) is 4.11. The summed E-state index contributed by atoms with van der Waals surface area (Å²) in [7, 11) is -3.42. The van der Waals surface area contributed by atoms with Gasteiger partial charge in [0.05, 0.1) is 9.64 Å². The smallest absolute Gasteiger partial charge is 0.184 e. The standard InChI is InChI=1S/C21H20N2O2S/c1-21(26(24,25)18-10-6-3-7-11-18)13-12-19-17(14-21)15-22-20(23-19)16-8-4-2-5-9-16/h2-11,15H,12-14H2,1H3. The monoisotopic (exact) mass is 364 g/mol. The molecule has 4 rings (SSSR count). The molecule has 5 heteroatoms. The van der Waals surface area contributed by atoms with E-state index in [0.717, 1.165) is 16.8 Å². The quantitative estimate of drug-likeness (QED) is 0.708. The first-order chi connectivity index (χ1) is 12.5. The fourth-order valence-electron chi connectivity index (χ4n) is 3.52. The highest BCUT2D eigenvalue weighted by Crippen LogP contribution is 2.37. The van der Waals surface area contributed by atoms with Crippen molar-refractivity contribution >= 4 is 9.84 Å². The summed E-state index contributed by atoms with van der Waals surface area (Å²) < 4.78 is 25.5. The van der Waals surface area contributed by atoms with E-state index in [-0.39, 0.29) is 0 Å². The Morgan fingerprint density at radius 3 is 2.31 bits per heavy atom. The maximum absolute atomic E-state index is 13.2. The maximum atomic E-state index is 13.2. The molecule has 1 heterocycles. The zero-order valence-corrected chi connectivity index (χ0v) is 15.4. The number of aryl methyl sites for hydroxylation is 1. The lowest BCUT2D eigenvalue weighted by Gasteiger charge is -2.33. The first kappa shape index (κ1) is 16.9. The third-order valence-electron chi connectivity index (χ3n) is 5.14. The molecule has 0 radical (unpaired) electrons. The predicted molar refractivity (Wildman–Crippen MR) is 102 cm³/mol. The molecule has 26 heavy (non-hydrogen) atoms. The van der Waals surface area contributed by atoms with Crippen molar-refractivity contribution in [1.82, 2.24) is 9.97 Å². The molecule has 1 aromatic heterocycles. The summed E-state index contributed by atoms with van der Waals surface area (Å²) in [5, 5.41) is 0. The average Bonchev–Trinajstić information content (AvgIpc) is 2.69. The number of sulfone groups is 1. The van der Waals surface area contributed by atoms with Gasteiger partial charge in [-0.3, -0.25) is 0 Å². The molecular formula is C21H20N2O2S. The zero-order chi connectivity index (χ0) is 18.2. The fourth-order valence-corrected chi connectivity index (χ4v) is 5.32. The summed E-state index contributed by atoms with van der Waals surface area (Å²) in [6.07, 6.45) is 3.43. The molecule has 1 atom stereocenters. The molecule has 0 bridgehead atoms. The van der Waals surface area contributed by atoms with Crippen LogP contribution in [0.1, 0.15) is 24.6 Å². The van der Waals surface area contributed by atoms with Crippen molar-refractivity contribution in [3.05, 3.63) is 78.1 Å². The number of hydrogen-bond acceptors (Lipinski definition) is 4. The summed E-state index contributed by atoms with van der Waals surface area (Å²) in [5.74, 6) is 0.693. The van der Waals surface area contributed by atoms with Gasteiger partial charge in [-0.15, -0.1) is 0 Å². The van der Waals surface area contributed by atoms with Crippen LogP contribution in [0.4, 0.5) is 0 Å². The Morgan fingerprint density at radius 2 is 1.62 bits per heavy atom. The van der Waals surface area contributed by atoms with Crippen LogP contribution in [0.2, 0.25) is 0 Å². The number of fused-ring (bicyclic) bond motifs is 1. The molecule has 2 aromatic carbocycles. The predicted octanol–water partition coefficient (Wildman–Crippen LogP) is 3.86. The van der Waals surface area contributed by atoms with Gasteiger partial charge in [-0.1, -0.05) is 48.5 Å². The van der Waals surface area contributed by atoms with Gasteiger partial charge in [0.15, 0.2) is 15.7 Å². The van der Waals surface area contributed by atoms with Crippen LogP contribution in [0.3, 0.4) is 0 Å². The van der Waals surface area contributed by atoms with E-state index in [9.17, 15) is 8.42 Å². The minimum atomic E-state index is -3.42. The molecule has 0 saturated carbocycles. The van der Waals surface area contributed by atoms with Gasteiger partial charge in [0.25, 0.3) is 0 Å². The van der Waals surface area contributed by atoms with Gasteiger partial charge in [0.2, 0.25) is 0 Å². The molecule has 1 unspecified atom stereocenters. The van der Waals surface area contributed by atoms with Crippen molar-refractivity contribution in [2.45, 2.75) is 35.8 Å². The second-order valence-corrected chi connectivity index (χ2v) is 9.44. The highest BCUT2D eigenvalue weighted by Gasteiger charge is 2.43. The van der Waals surface area contributed by atoms with Crippen molar-refractivity contribution in [1.29, 1.82) is 0 Å². The van der Waals surface area contributed by atoms with Crippen molar-refractivity contribution in [3.8, 4) is 11.4 Å². The molecule has 0 amide bonds. The molecule has 0 N–H and O–H groups in total. The number of nitrogens with zero attached hydrogens (tertiary/aromatic N) is 2. The van der Waals surface area contributed by atoms with Crippen molar-refractivity contribution in [2.24, 2.45) is 0 Å². The highest BCUT2D eigenvalue weighted by atomic mass is 32.2. The van der Waals surface area contributed by atoms with Crippen molar-refractivity contribution in [3.63, 3.8) is 0 Å². The third kappa shape index (κ3) is 2.82. The van der Waals surface area contributed by atoms with Crippen LogP contribution in [-0.4, -0.2) is 23.1 Å². The van der Waals surface area contributed by atoms with Crippen LogP contribution in [-0.2, 0) is 22.7 Å². The van der Waals surface area contributed by atoms with E-state index in [1.54, 1.807) is 30.5 Å². The molecule has 0 aliphatic heterocycles. The first-order valence-electron chi connectivity index (χ1n) is 8.69. The first-order valence-corrected chi connectivity index (χ1v) is 10.2. The van der Waals surface area contributed by atoms with E-state index >= 15 is 0 Å². The van der Waals surface area contributed by atoms with E-state index in [1.165, 1.54) is 0 Å². The van der Waals surface area contributed by atoms with Crippen LogP contribution in [0.15, 0.2) is 71.8 Å². The van der Waals surface area contributed by atoms with Gasteiger partial charge in [0.1, 0.15) is 0 Å². The van der Waals surface area contributed by atoms with Gasteiger partial charge >= 0.3 is 0 Å². The van der Waals surface area contributed by atoms with Crippen LogP contribution < -0.4 is 0 Å². The summed E-state index contributed by atoms with van der Waals surface area (Å²) in [5.41, 5.74) is 2.86. The number of aromatic nitrogens is 2. The summed E-state index contributed by atoms with van der Waals surface area (Å²) in [6, 6.07) is 18.5. The molecular weight excluding hydrogens is 344 g/mol. The Bertz CT molecular complexity index is 1030. The fraction of sp³-hybridized carbons (Fsp3) is 0.238. The molecule has 1 aliphatic carbocycles. The summed E-state index contributed by atoms with van der Waals surface area (Å²) >= 11 is 0. The lowest BCUT2D eigenvalue weighted by atomic mass is 9.88. The lowest BCUT2D eigenvalue weighted by Crippen LogP contribution is -2.41. The van der Waals surface area contributed by atoms with Gasteiger partial charge in [-0.05, 0) is 43.9 Å². The van der Waals surface area contributed by atoms with E-state index in [4.69, 9.17) is 4.98 Å². The van der Waals surface area contributed by atoms with Gasteiger partial charge < -0.3 is 0 Å². The van der Waals surface area contributed by atoms with Crippen LogP contribution >= 0.6 is 0 Å². The number of hydrogen-bond donors (Lipinski definition) is 0. The minimum absolute atomic E-state index is 0.382. The Hall–Kier alpha value is -2.53. The van der Waals surface area contributed by atoms with Gasteiger partial charge in [0, 0.05) is 17.5 Å². The van der Waals surface area contributed by atoms with Crippen LogP contribution in [0.25, 0.3) is 11.4 Å². The van der Waals surface area contributed by atoms with E-state index in [2.05, 4.69) is 4.98 Å². The third-order valence-corrected chi connectivity index (χ3v) is 7.68.